The van der Waals surface area contributed by atoms with Crippen molar-refractivity contribution in [3.8, 4) is 0 Å². The van der Waals surface area contributed by atoms with Crippen molar-refractivity contribution < 1.29 is 4.79 Å². The van der Waals surface area contributed by atoms with E-state index in [0.717, 1.165) is 18.8 Å². The number of hydrogen-bond acceptors (Lipinski definition) is 2. The van der Waals surface area contributed by atoms with E-state index < -0.39 is 0 Å². The SMILES string of the molecule is CC(C)(C)NC(=O)N1CCN(c2cc(Cl)cc(Cl)c2)CC1. The molecule has 1 aliphatic rings. The summed E-state index contributed by atoms with van der Waals surface area (Å²) in [5.74, 6) is 0. The third kappa shape index (κ3) is 4.68. The molecule has 1 N–H and O–H groups in total. The fourth-order valence-corrected chi connectivity index (χ4v) is 2.80. The zero-order valence-corrected chi connectivity index (χ0v) is 14.1. The van der Waals surface area contributed by atoms with E-state index in [-0.39, 0.29) is 11.6 Å². The van der Waals surface area contributed by atoms with Gasteiger partial charge in [-0.25, -0.2) is 4.79 Å². The Balaban J connectivity index is 1.95. The summed E-state index contributed by atoms with van der Waals surface area (Å²) < 4.78 is 0. The number of halogens is 2. The summed E-state index contributed by atoms with van der Waals surface area (Å²) in [5, 5.41) is 4.25. The molecule has 21 heavy (non-hydrogen) atoms. The van der Waals surface area contributed by atoms with Crippen molar-refractivity contribution >= 4 is 34.9 Å². The first-order valence-corrected chi connectivity index (χ1v) is 7.78. The standard InChI is InChI=1S/C15H21Cl2N3O/c1-15(2,3)18-14(21)20-6-4-19(5-7-20)13-9-11(16)8-12(17)10-13/h8-10H,4-7H2,1-3H3,(H,18,21). The normalized spacial score (nSPS) is 16.0. The van der Waals surface area contributed by atoms with Crippen LogP contribution in [0.5, 0.6) is 0 Å². The Kier molecular flexibility index (Phi) is 4.89. The summed E-state index contributed by atoms with van der Waals surface area (Å²) >= 11 is 12.1. The molecule has 0 bridgehead atoms. The van der Waals surface area contributed by atoms with Gasteiger partial charge in [0.1, 0.15) is 0 Å². The highest BCUT2D eigenvalue weighted by atomic mass is 35.5. The molecule has 1 fully saturated rings. The fraction of sp³-hybridized carbons (Fsp3) is 0.533. The van der Waals surface area contributed by atoms with Crippen LogP contribution >= 0.6 is 23.2 Å². The maximum atomic E-state index is 12.1. The highest BCUT2D eigenvalue weighted by Gasteiger charge is 2.24. The van der Waals surface area contributed by atoms with Crippen molar-refractivity contribution in [2.75, 3.05) is 31.1 Å². The number of anilines is 1. The number of amides is 2. The van der Waals surface area contributed by atoms with Gasteiger partial charge in [-0.05, 0) is 39.0 Å². The lowest BCUT2D eigenvalue weighted by atomic mass is 10.1. The van der Waals surface area contributed by atoms with E-state index in [1.807, 2.05) is 37.8 Å². The molecule has 1 aromatic rings. The van der Waals surface area contributed by atoms with Crippen molar-refractivity contribution in [1.82, 2.24) is 10.2 Å². The second kappa shape index (κ2) is 6.32. The van der Waals surface area contributed by atoms with Gasteiger partial charge in [-0.3, -0.25) is 0 Å². The summed E-state index contributed by atoms with van der Waals surface area (Å²) in [7, 11) is 0. The van der Waals surface area contributed by atoms with Gasteiger partial charge in [-0.1, -0.05) is 23.2 Å². The molecule has 0 radical (unpaired) electrons. The van der Waals surface area contributed by atoms with E-state index in [9.17, 15) is 4.79 Å². The Hall–Kier alpha value is -1.13. The van der Waals surface area contributed by atoms with E-state index in [1.165, 1.54) is 0 Å². The number of hydrogen-bond donors (Lipinski definition) is 1. The largest absolute Gasteiger partial charge is 0.368 e. The number of piperazine rings is 1. The first-order chi connectivity index (χ1) is 9.74. The number of rotatable bonds is 1. The minimum absolute atomic E-state index is 0.00808. The minimum atomic E-state index is -0.214. The van der Waals surface area contributed by atoms with Crippen LogP contribution in [-0.2, 0) is 0 Å². The molecule has 4 nitrogen and oxygen atoms in total. The molecule has 1 heterocycles. The lowest BCUT2D eigenvalue weighted by Crippen LogP contribution is -2.55. The van der Waals surface area contributed by atoms with Crippen molar-refractivity contribution in [3.05, 3.63) is 28.2 Å². The number of nitrogens with zero attached hydrogens (tertiary/aromatic N) is 2. The van der Waals surface area contributed by atoms with Gasteiger partial charge >= 0.3 is 6.03 Å². The first-order valence-electron chi connectivity index (χ1n) is 7.03. The molecule has 0 atom stereocenters. The summed E-state index contributed by atoms with van der Waals surface area (Å²) in [6.45, 7) is 8.86. The molecule has 6 heteroatoms. The van der Waals surface area contributed by atoms with Crippen molar-refractivity contribution in [2.24, 2.45) is 0 Å². The van der Waals surface area contributed by atoms with Crippen LogP contribution in [0.2, 0.25) is 10.0 Å². The Bertz CT molecular complexity index is 500. The van der Waals surface area contributed by atoms with Crippen LogP contribution in [-0.4, -0.2) is 42.6 Å². The lowest BCUT2D eigenvalue weighted by molar-refractivity contribution is 0.185. The maximum Gasteiger partial charge on any atom is 0.317 e. The Morgan fingerprint density at radius 2 is 1.57 bits per heavy atom. The van der Waals surface area contributed by atoms with Gasteiger partial charge in [0.15, 0.2) is 0 Å². The average Bonchev–Trinajstić information content (AvgIpc) is 2.35. The van der Waals surface area contributed by atoms with Crippen LogP contribution in [0.15, 0.2) is 18.2 Å². The van der Waals surface area contributed by atoms with Crippen molar-refractivity contribution in [1.29, 1.82) is 0 Å². The Morgan fingerprint density at radius 1 is 1.05 bits per heavy atom. The van der Waals surface area contributed by atoms with E-state index in [2.05, 4.69) is 10.2 Å². The van der Waals surface area contributed by atoms with Crippen LogP contribution in [0, 0.1) is 0 Å². The van der Waals surface area contributed by atoms with Crippen molar-refractivity contribution in [3.63, 3.8) is 0 Å². The molecule has 0 aromatic heterocycles. The smallest absolute Gasteiger partial charge is 0.317 e. The van der Waals surface area contributed by atoms with Gasteiger partial charge in [0.05, 0.1) is 0 Å². The summed E-state index contributed by atoms with van der Waals surface area (Å²) in [6, 6.07) is 5.52. The zero-order valence-electron chi connectivity index (χ0n) is 12.6. The first kappa shape index (κ1) is 16.2. The zero-order chi connectivity index (χ0) is 15.6. The second-order valence-corrected chi connectivity index (χ2v) is 7.15. The number of urea groups is 1. The molecule has 1 aliphatic heterocycles. The molecule has 0 spiro atoms. The minimum Gasteiger partial charge on any atom is -0.368 e. The topological polar surface area (TPSA) is 35.6 Å². The molecular formula is C15H21Cl2N3O. The third-order valence-electron chi connectivity index (χ3n) is 3.26. The van der Waals surface area contributed by atoms with Crippen LogP contribution in [0.3, 0.4) is 0 Å². The molecule has 2 rings (SSSR count). The fourth-order valence-electron chi connectivity index (χ4n) is 2.29. The Morgan fingerprint density at radius 3 is 2.05 bits per heavy atom. The van der Waals surface area contributed by atoms with Gasteiger partial charge in [-0.15, -0.1) is 0 Å². The molecule has 116 valence electrons. The molecule has 0 aliphatic carbocycles. The van der Waals surface area contributed by atoms with Gasteiger partial charge in [0, 0.05) is 47.5 Å². The molecule has 1 saturated heterocycles. The van der Waals surface area contributed by atoms with E-state index >= 15 is 0 Å². The van der Waals surface area contributed by atoms with E-state index in [0.29, 0.717) is 23.1 Å². The monoisotopic (exact) mass is 329 g/mol. The van der Waals surface area contributed by atoms with E-state index in [1.54, 1.807) is 6.07 Å². The predicted molar refractivity (Wildman–Crippen MR) is 88.5 cm³/mol. The van der Waals surface area contributed by atoms with Gasteiger partial charge in [-0.2, -0.15) is 0 Å². The molecule has 0 unspecified atom stereocenters. The third-order valence-corrected chi connectivity index (χ3v) is 3.70. The van der Waals surface area contributed by atoms with E-state index in [4.69, 9.17) is 23.2 Å². The quantitative estimate of drug-likeness (QED) is 0.854. The highest BCUT2D eigenvalue weighted by Crippen LogP contribution is 2.26. The Labute approximate surface area is 136 Å². The maximum absolute atomic E-state index is 12.1. The predicted octanol–water partition coefficient (Wildman–Crippen LogP) is 3.62. The lowest BCUT2D eigenvalue weighted by Gasteiger charge is -2.37. The molecule has 2 amide bonds. The van der Waals surface area contributed by atoms with Gasteiger partial charge in [0.2, 0.25) is 0 Å². The molecule has 1 aromatic carbocycles. The summed E-state index contributed by atoms with van der Waals surface area (Å²) in [5.41, 5.74) is 0.790. The number of carbonyl (C=O) groups is 1. The highest BCUT2D eigenvalue weighted by molar-refractivity contribution is 6.35. The molecular weight excluding hydrogens is 309 g/mol. The van der Waals surface area contributed by atoms with Gasteiger partial charge < -0.3 is 15.1 Å². The number of carbonyl (C=O) groups excluding carboxylic acids is 1. The number of benzene rings is 1. The second-order valence-electron chi connectivity index (χ2n) is 6.28. The average molecular weight is 330 g/mol. The van der Waals surface area contributed by atoms with Crippen molar-refractivity contribution in [2.45, 2.75) is 26.3 Å². The summed E-state index contributed by atoms with van der Waals surface area (Å²) in [4.78, 5) is 16.2. The summed E-state index contributed by atoms with van der Waals surface area (Å²) in [6.07, 6.45) is 0. The molecule has 0 saturated carbocycles. The number of nitrogens with one attached hydrogen (secondary N) is 1. The van der Waals surface area contributed by atoms with Crippen LogP contribution in [0.25, 0.3) is 0 Å². The van der Waals surface area contributed by atoms with Crippen LogP contribution in [0.1, 0.15) is 20.8 Å². The van der Waals surface area contributed by atoms with Crippen LogP contribution in [0.4, 0.5) is 10.5 Å². The van der Waals surface area contributed by atoms with Crippen LogP contribution < -0.4 is 10.2 Å². The van der Waals surface area contributed by atoms with Gasteiger partial charge in [0.25, 0.3) is 0 Å².